The van der Waals surface area contributed by atoms with E-state index in [1.807, 2.05) is 63.3 Å². The molecule has 0 aliphatic carbocycles. The van der Waals surface area contributed by atoms with Crippen LogP contribution in [-0.2, 0) is 6.42 Å². The second kappa shape index (κ2) is 17.2. The molecule has 166 valence electrons. The summed E-state index contributed by atoms with van der Waals surface area (Å²) in [6.07, 6.45) is 9.46. The van der Waals surface area contributed by atoms with E-state index in [0.29, 0.717) is 0 Å². The maximum absolute atomic E-state index is 5.26. The highest BCUT2D eigenvalue weighted by Crippen LogP contribution is 2.23. The maximum atomic E-state index is 5.26. The van der Waals surface area contributed by atoms with E-state index in [1.54, 1.807) is 0 Å². The molecule has 0 aliphatic heterocycles. The van der Waals surface area contributed by atoms with Gasteiger partial charge in [0.2, 0.25) is 0 Å². The zero-order valence-corrected chi connectivity index (χ0v) is 21.0. The van der Waals surface area contributed by atoms with Crippen LogP contribution in [0.5, 0.6) is 0 Å². The number of thiocarbonyl (C=S) groups is 1. The summed E-state index contributed by atoms with van der Waals surface area (Å²) in [5.41, 5.74) is 5.85. The molecular formula is C30H40S. The Kier molecular flexibility index (Phi) is 15.8. The largest absolute Gasteiger partial charge is 0.0985 e. The Morgan fingerprint density at radius 2 is 1.55 bits per heavy atom. The molecule has 0 saturated heterocycles. The third-order valence-corrected chi connectivity index (χ3v) is 5.23. The fraction of sp³-hybridized carbons (Fsp3) is 0.300. The van der Waals surface area contributed by atoms with E-state index in [2.05, 4.69) is 63.9 Å². The fourth-order valence-corrected chi connectivity index (χ4v) is 2.85. The standard InChI is InChI=1S/C20H26S.C8H8.C2H6/c1-6-8-9-18-10-12-19(13-11-18)14-20(7-2)16(4)15(3)17(5)21;1-2-8-6-4-3-5-7-8;1-2/h7,10-15H,2,4,6,8-9H2,1,3,5H3;2-7H,1H2;1-2H3/b20-14+;;. The van der Waals surface area contributed by atoms with Crippen molar-refractivity contribution in [2.75, 3.05) is 0 Å². The van der Waals surface area contributed by atoms with Gasteiger partial charge >= 0.3 is 0 Å². The van der Waals surface area contributed by atoms with Gasteiger partial charge in [0.05, 0.1) is 0 Å². The van der Waals surface area contributed by atoms with Crippen LogP contribution in [-0.4, -0.2) is 4.86 Å². The molecule has 1 unspecified atom stereocenters. The lowest BCUT2D eigenvalue weighted by Gasteiger charge is -2.14. The van der Waals surface area contributed by atoms with Crippen molar-refractivity contribution in [2.24, 2.45) is 5.92 Å². The van der Waals surface area contributed by atoms with Crippen molar-refractivity contribution in [1.82, 2.24) is 0 Å². The van der Waals surface area contributed by atoms with Gasteiger partial charge in [-0.15, -0.1) is 0 Å². The van der Waals surface area contributed by atoms with E-state index in [1.165, 1.54) is 29.5 Å². The van der Waals surface area contributed by atoms with Crippen molar-refractivity contribution in [2.45, 2.75) is 53.9 Å². The Balaban J connectivity index is 0.000000745. The quantitative estimate of drug-likeness (QED) is 0.281. The van der Waals surface area contributed by atoms with Gasteiger partial charge in [0, 0.05) is 5.92 Å². The molecule has 1 heteroatoms. The van der Waals surface area contributed by atoms with Gasteiger partial charge in [0.1, 0.15) is 0 Å². The van der Waals surface area contributed by atoms with E-state index in [-0.39, 0.29) is 5.92 Å². The lowest BCUT2D eigenvalue weighted by molar-refractivity contribution is 0.795. The molecule has 0 radical (unpaired) electrons. The molecule has 0 spiro atoms. The summed E-state index contributed by atoms with van der Waals surface area (Å²) in [4.78, 5) is 0.961. The van der Waals surface area contributed by atoms with E-state index < -0.39 is 0 Å². The first-order chi connectivity index (χ1) is 14.9. The van der Waals surface area contributed by atoms with Crippen LogP contribution < -0.4 is 0 Å². The Morgan fingerprint density at radius 3 is 1.97 bits per heavy atom. The molecule has 2 rings (SSSR count). The average Bonchev–Trinajstić information content (AvgIpc) is 2.83. The van der Waals surface area contributed by atoms with Crippen LogP contribution in [0, 0.1) is 5.92 Å². The summed E-state index contributed by atoms with van der Waals surface area (Å²) in [7, 11) is 0. The van der Waals surface area contributed by atoms with Crippen molar-refractivity contribution in [3.05, 3.63) is 108 Å². The summed E-state index contributed by atoms with van der Waals surface area (Å²) in [5, 5.41) is 0. The number of hydrogen-bond donors (Lipinski definition) is 0. The van der Waals surface area contributed by atoms with E-state index in [4.69, 9.17) is 12.2 Å². The summed E-state index contributed by atoms with van der Waals surface area (Å²) in [6.45, 7) is 22.0. The molecule has 0 heterocycles. The zero-order chi connectivity index (χ0) is 23.6. The first-order valence-corrected chi connectivity index (χ1v) is 11.6. The lowest BCUT2D eigenvalue weighted by atomic mass is 9.91. The molecule has 0 N–H and O–H groups in total. The molecule has 31 heavy (non-hydrogen) atoms. The topological polar surface area (TPSA) is 0 Å². The number of hydrogen-bond acceptors (Lipinski definition) is 1. The normalized spacial score (nSPS) is 11.1. The van der Waals surface area contributed by atoms with Crippen molar-refractivity contribution < 1.29 is 0 Å². The van der Waals surface area contributed by atoms with Gasteiger partial charge in [-0.25, -0.2) is 0 Å². The number of rotatable bonds is 9. The molecule has 0 bridgehead atoms. The number of benzene rings is 2. The van der Waals surface area contributed by atoms with Gasteiger partial charge in [-0.1, -0.05) is 133 Å². The van der Waals surface area contributed by atoms with E-state index in [0.717, 1.165) is 22.4 Å². The molecular weight excluding hydrogens is 392 g/mol. The first-order valence-electron chi connectivity index (χ1n) is 11.2. The highest BCUT2D eigenvalue weighted by Gasteiger charge is 2.11. The summed E-state index contributed by atoms with van der Waals surface area (Å²) < 4.78 is 0. The lowest BCUT2D eigenvalue weighted by Crippen LogP contribution is -2.07. The van der Waals surface area contributed by atoms with Crippen LogP contribution in [0.4, 0.5) is 0 Å². The molecule has 0 aliphatic rings. The minimum Gasteiger partial charge on any atom is -0.0985 e. The fourth-order valence-electron chi connectivity index (χ4n) is 2.71. The summed E-state index contributed by atoms with van der Waals surface area (Å²) in [6, 6.07) is 18.8. The van der Waals surface area contributed by atoms with E-state index in [9.17, 15) is 0 Å². The maximum Gasteiger partial charge on any atom is 0.0122 e. The van der Waals surface area contributed by atoms with Crippen LogP contribution in [0.3, 0.4) is 0 Å². The third-order valence-electron chi connectivity index (χ3n) is 4.88. The second-order valence-electron chi connectivity index (χ2n) is 7.12. The molecule has 1 atom stereocenters. The van der Waals surface area contributed by atoms with Crippen molar-refractivity contribution >= 4 is 29.2 Å². The average molecular weight is 433 g/mol. The second-order valence-corrected chi connectivity index (χ2v) is 7.77. The molecule has 0 aromatic heterocycles. The Morgan fingerprint density at radius 1 is 0.968 bits per heavy atom. The van der Waals surface area contributed by atoms with Crippen LogP contribution in [0.1, 0.15) is 64.2 Å². The van der Waals surface area contributed by atoms with Crippen LogP contribution in [0.2, 0.25) is 0 Å². The summed E-state index contributed by atoms with van der Waals surface area (Å²) in [5.74, 6) is 0.202. The third kappa shape index (κ3) is 11.5. The van der Waals surface area contributed by atoms with Crippen LogP contribution >= 0.6 is 12.2 Å². The Hall–Kier alpha value is -2.51. The highest BCUT2D eigenvalue weighted by atomic mass is 32.1. The minimum absolute atomic E-state index is 0.202. The SMILES string of the molecule is C=C/C(=C\c1ccc(CCCC)cc1)C(=C)C(C)C(C)=S.C=Cc1ccccc1.CC. The smallest absolute Gasteiger partial charge is 0.0122 e. The van der Waals surface area contributed by atoms with Gasteiger partial charge in [-0.3, -0.25) is 0 Å². The molecule has 0 fully saturated rings. The van der Waals surface area contributed by atoms with Crippen LogP contribution in [0.25, 0.3) is 12.2 Å². The van der Waals surface area contributed by atoms with Gasteiger partial charge in [-0.05, 0) is 58.5 Å². The molecule has 0 saturated carbocycles. The van der Waals surface area contributed by atoms with Crippen molar-refractivity contribution in [1.29, 1.82) is 0 Å². The van der Waals surface area contributed by atoms with Crippen molar-refractivity contribution in [3.63, 3.8) is 0 Å². The molecule has 0 nitrogen and oxygen atoms in total. The zero-order valence-electron chi connectivity index (χ0n) is 20.2. The monoisotopic (exact) mass is 432 g/mol. The van der Waals surface area contributed by atoms with Gasteiger partial charge < -0.3 is 0 Å². The van der Waals surface area contributed by atoms with Gasteiger partial charge in [0.25, 0.3) is 0 Å². The summed E-state index contributed by atoms with van der Waals surface area (Å²) >= 11 is 5.26. The Labute approximate surface area is 197 Å². The number of aryl methyl sites for hydroxylation is 1. The highest BCUT2D eigenvalue weighted by molar-refractivity contribution is 7.80. The molecule has 2 aromatic rings. The van der Waals surface area contributed by atoms with Gasteiger partial charge in [0.15, 0.2) is 0 Å². The number of unbranched alkanes of at least 4 members (excludes halogenated alkanes) is 1. The van der Waals surface area contributed by atoms with Crippen molar-refractivity contribution in [3.8, 4) is 0 Å². The van der Waals surface area contributed by atoms with E-state index >= 15 is 0 Å². The van der Waals surface area contributed by atoms with Gasteiger partial charge in [-0.2, -0.15) is 0 Å². The predicted molar refractivity (Wildman–Crippen MR) is 148 cm³/mol. The number of allylic oxidation sites excluding steroid dienone is 3. The Bertz CT molecular complexity index is 822. The molecule has 0 amide bonds. The minimum atomic E-state index is 0.202. The molecule has 2 aromatic carbocycles. The van der Waals surface area contributed by atoms with Crippen LogP contribution in [0.15, 0.2) is 91.6 Å². The first kappa shape index (κ1) is 28.5. The predicted octanol–water partition coefficient (Wildman–Crippen LogP) is 9.54.